The molecule has 0 bridgehead atoms. The molecular formula is C19H15ClN6O4S. The van der Waals surface area contributed by atoms with Crippen LogP contribution in [0.3, 0.4) is 0 Å². The fourth-order valence-corrected chi connectivity index (χ4v) is 3.53. The number of aromatic amines is 1. The second-order valence-electron chi connectivity index (χ2n) is 6.24. The number of fused-ring (bicyclic) bond motifs is 1. The molecule has 0 aliphatic carbocycles. The van der Waals surface area contributed by atoms with Gasteiger partial charge in [0.25, 0.3) is 5.56 Å². The van der Waals surface area contributed by atoms with E-state index in [1.807, 2.05) is 0 Å². The van der Waals surface area contributed by atoms with Crippen molar-refractivity contribution in [1.29, 1.82) is 0 Å². The van der Waals surface area contributed by atoms with Gasteiger partial charge in [0, 0.05) is 5.02 Å². The van der Waals surface area contributed by atoms with E-state index in [-0.39, 0.29) is 17.5 Å². The smallest absolute Gasteiger partial charge is 0.321 e. The quantitative estimate of drug-likeness (QED) is 0.298. The molecule has 4 aromatic rings. The van der Waals surface area contributed by atoms with Crippen molar-refractivity contribution in [3.8, 4) is 5.69 Å². The van der Waals surface area contributed by atoms with Gasteiger partial charge in [-0.3, -0.25) is 14.9 Å². The van der Waals surface area contributed by atoms with Gasteiger partial charge in [-0.2, -0.15) is 5.10 Å². The van der Waals surface area contributed by atoms with Crippen LogP contribution in [0.4, 0.5) is 4.79 Å². The predicted molar refractivity (Wildman–Crippen MR) is 114 cm³/mol. The number of halogens is 1. The maximum Gasteiger partial charge on any atom is 0.321 e. The summed E-state index contributed by atoms with van der Waals surface area (Å²) >= 11 is 7.02. The Bertz CT molecular complexity index is 1300. The van der Waals surface area contributed by atoms with Crippen LogP contribution in [-0.2, 0) is 11.3 Å². The molecule has 10 nitrogen and oxygen atoms in total. The molecule has 0 aliphatic rings. The Kier molecular flexibility index (Phi) is 6.05. The van der Waals surface area contributed by atoms with Crippen LogP contribution >= 0.6 is 23.4 Å². The lowest BCUT2D eigenvalue weighted by atomic mass is 10.3. The van der Waals surface area contributed by atoms with E-state index < -0.39 is 17.5 Å². The average Bonchev–Trinajstić information content (AvgIpc) is 3.41. The molecule has 0 radical (unpaired) electrons. The summed E-state index contributed by atoms with van der Waals surface area (Å²) in [5, 5.41) is 9.94. The number of thioether (sulfide) groups is 1. The molecule has 3 aromatic heterocycles. The van der Waals surface area contributed by atoms with Crippen LogP contribution in [0.2, 0.25) is 5.02 Å². The summed E-state index contributed by atoms with van der Waals surface area (Å²) in [5.74, 6) is -0.120. The predicted octanol–water partition coefficient (Wildman–Crippen LogP) is 2.47. The van der Waals surface area contributed by atoms with E-state index in [0.29, 0.717) is 27.5 Å². The van der Waals surface area contributed by atoms with Crippen LogP contribution in [0.15, 0.2) is 63.2 Å². The Morgan fingerprint density at radius 3 is 2.90 bits per heavy atom. The third-order valence-electron chi connectivity index (χ3n) is 4.07. The summed E-state index contributed by atoms with van der Waals surface area (Å²) < 4.78 is 6.58. The van der Waals surface area contributed by atoms with Gasteiger partial charge in [0.15, 0.2) is 10.8 Å². The minimum Gasteiger partial charge on any atom is -0.467 e. The number of H-pyrrole nitrogens is 1. The van der Waals surface area contributed by atoms with Gasteiger partial charge in [0.1, 0.15) is 11.1 Å². The van der Waals surface area contributed by atoms with Crippen molar-refractivity contribution in [3.63, 3.8) is 0 Å². The van der Waals surface area contributed by atoms with Crippen molar-refractivity contribution in [1.82, 2.24) is 30.4 Å². The van der Waals surface area contributed by atoms with Gasteiger partial charge in [0.05, 0.1) is 30.4 Å². The molecule has 0 saturated heterocycles. The maximum absolute atomic E-state index is 12.4. The van der Waals surface area contributed by atoms with E-state index in [1.54, 1.807) is 36.4 Å². The maximum atomic E-state index is 12.4. The number of nitrogens with zero attached hydrogens (tertiary/aromatic N) is 3. The highest BCUT2D eigenvalue weighted by molar-refractivity contribution is 7.99. The van der Waals surface area contributed by atoms with Crippen molar-refractivity contribution < 1.29 is 14.0 Å². The highest BCUT2D eigenvalue weighted by atomic mass is 35.5. The second-order valence-corrected chi connectivity index (χ2v) is 7.64. The topological polar surface area (TPSA) is 135 Å². The van der Waals surface area contributed by atoms with Crippen molar-refractivity contribution in [3.05, 3.63) is 70.0 Å². The summed E-state index contributed by atoms with van der Waals surface area (Å²) in [6.07, 6.45) is 2.90. The van der Waals surface area contributed by atoms with Crippen molar-refractivity contribution in [2.75, 3.05) is 5.75 Å². The minimum atomic E-state index is -0.655. The number of hydrogen-bond acceptors (Lipinski definition) is 7. The van der Waals surface area contributed by atoms with Crippen LogP contribution in [0.5, 0.6) is 0 Å². The molecule has 3 N–H and O–H groups in total. The first-order valence-corrected chi connectivity index (χ1v) is 10.3. The Balaban J connectivity index is 1.42. The minimum absolute atomic E-state index is 0.131. The lowest BCUT2D eigenvalue weighted by molar-refractivity contribution is -0.117. The number of urea groups is 1. The molecule has 4 rings (SSSR count). The summed E-state index contributed by atoms with van der Waals surface area (Å²) in [6, 6.07) is 9.69. The number of amides is 3. The zero-order valence-corrected chi connectivity index (χ0v) is 17.4. The van der Waals surface area contributed by atoms with Gasteiger partial charge in [-0.05, 0) is 30.3 Å². The van der Waals surface area contributed by atoms with Gasteiger partial charge in [-0.15, -0.1) is 0 Å². The molecule has 0 spiro atoms. The van der Waals surface area contributed by atoms with E-state index in [1.165, 1.54) is 17.1 Å². The number of furan rings is 1. The zero-order valence-electron chi connectivity index (χ0n) is 15.8. The molecule has 0 atom stereocenters. The van der Waals surface area contributed by atoms with Crippen molar-refractivity contribution in [2.45, 2.75) is 11.7 Å². The van der Waals surface area contributed by atoms with Crippen molar-refractivity contribution in [2.24, 2.45) is 0 Å². The molecule has 3 amide bonds. The van der Waals surface area contributed by atoms with E-state index in [0.717, 1.165) is 11.8 Å². The van der Waals surface area contributed by atoms with Gasteiger partial charge in [-0.25, -0.2) is 14.5 Å². The summed E-state index contributed by atoms with van der Waals surface area (Å²) in [7, 11) is 0. The Morgan fingerprint density at radius 2 is 2.13 bits per heavy atom. The average molecular weight is 459 g/mol. The Morgan fingerprint density at radius 1 is 1.26 bits per heavy atom. The lowest BCUT2D eigenvalue weighted by Crippen LogP contribution is -2.39. The van der Waals surface area contributed by atoms with Crippen LogP contribution in [0.1, 0.15) is 5.76 Å². The number of aromatic nitrogens is 4. The van der Waals surface area contributed by atoms with E-state index in [2.05, 4.69) is 25.7 Å². The van der Waals surface area contributed by atoms with Gasteiger partial charge in [-0.1, -0.05) is 29.4 Å². The zero-order chi connectivity index (χ0) is 21.8. The SMILES string of the molecule is O=C(CSc1nc2c(cnn2-c2cccc(Cl)c2)c(=O)[nH]1)NC(=O)NCc1ccco1. The summed E-state index contributed by atoms with van der Waals surface area (Å²) in [4.78, 5) is 43.2. The molecule has 0 unspecified atom stereocenters. The fourth-order valence-electron chi connectivity index (χ4n) is 2.68. The third kappa shape index (κ3) is 4.95. The molecule has 31 heavy (non-hydrogen) atoms. The Labute approximate surface area is 184 Å². The molecule has 0 fully saturated rings. The second kappa shape index (κ2) is 9.06. The monoisotopic (exact) mass is 458 g/mol. The lowest BCUT2D eigenvalue weighted by Gasteiger charge is -2.06. The highest BCUT2D eigenvalue weighted by Crippen LogP contribution is 2.19. The molecule has 0 aliphatic heterocycles. The molecular weight excluding hydrogens is 444 g/mol. The van der Waals surface area contributed by atoms with E-state index >= 15 is 0 Å². The number of carbonyl (C=O) groups is 2. The van der Waals surface area contributed by atoms with Gasteiger partial charge in [0.2, 0.25) is 5.91 Å². The number of carbonyl (C=O) groups excluding carboxylic acids is 2. The van der Waals surface area contributed by atoms with Crippen LogP contribution in [0, 0.1) is 0 Å². The normalized spacial score (nSPS) is 10.9. The van der Waals surface area contributed by atoms with Crippen LogP contribution in [0.25, 0.3) is 16.7 Å². The third-order valence-corrected chi connectivity index (χ3v) is 5.17. The largest absolute Gasteiger partial charge is 0.467 e. The van der Waals surface area contributed by atoms with Crippen LogP contribution in [-0.4, -0.2) is 37.4 Å². The molecule has 3 heterocycles. The first-order chi connectivity index (χ1) is 15.0. The van der Waals surface area contributed by atoms with Crippen molar-refractivity contribution >= 4 is 46.3 Å². The first kappa shape index (κ1) is 20.7. The standard InChI is InChI=1S/C19H15ClN6O4S/c20-11-3-1-4-12(7-11)26-16-14(9-22-26)17(28)25-19(24-16)31-10-15(27)23-18(29)21-8-13-5-2-6-30-13/h1-7,9H,8,10H2,(H,24,25,28)(H2,21,23,27,29). The molecule has 12 heteroatoms. The number of imide groups is 1. The summed E-state index contributed by atoms with van der Waals surface area (Å²) in [5.41, 5.74) is 0.574. The van der Waals surface area contributed by atoms with Gasteiger partial charge >= 0.3 is 6.03 Å². The van der Waals surface area contributed by atoms with E-state index in [9.17, 15) is 14.4 Å². The highest BCUT2D eigenvalue weighted by Gasteiger charge is 2.14. The number of hydrogen-bond donors (Lipinski definition) is 3. The number of rotatable bonds is 6. The molecule has 0 saturated carbocycles. The molecule has 1 aromatic carbocycles. The first-order valence-electron chi connectivity index (χ1n) is 8.96. The molecule has 158 valence electrons. The van der Waals surface area contributed by atoms with E-state index in [4.69, 9.17) is 16.0 Å². The van der Waals surface area contributed by atoms with Gasteiger partial charge < -0.3 is 14.7 Å². The number of nitrogens with one attached hydrogen (secondary N) is 3. The Hall–Kier alpha value is -3.57. The number of benzene rings is 1. The summed E-state index contributed by atoms with van der Waals surface area (Å²) in [6.45, 7) is 0.151. The van der Waals surface area contributed by atoms with Crippen LogP contribution < -0.4 is 16.2 Å². The fraction of sp³-hybridized carbons (Fsp3) is 0.105.